The van der Waals surface area contributed by atoms with Crippen molar-refractivity contribution in [1.29, 1.82) is 0 Å². The largest absolute Gasteiger partial charge is 0.458 e. The number of hydrogen-bond acceptors (Lipinski definition) is 6. The number of quaternary nitrogens is 1. The predicted molar refractivity (Wildman–Crippen MR) is 152 cm³/mol. The van der Waals surface area contributed by atoms with Gasteiger partial charge in [-0.2, -0.15) is 0 Å². The second-order valence-electron chi connectivity index (χ2n) is 14.1. The van der Waals surface area contributed by atoms with E-state index in [1.807, 2.05) is 20.8 Å². The van der Waals surface area contributed by atoms with E-state index in [1.165, 1.54) is 18.2 Å². The maximum absolute atomic E-state index is 17.1. The SMILES string of the molecule is CCCCC(=O)OCC(=O)[C@H]1[C@H](C)C[C@H]2[C@@H]3C[C@H](F)C4=CC(=O)C=C[C@]4(C)[C@@]3(F)[C@@H](O)C[C@@]21C.C[N+](C)(C)CCO. The summed E-state index contributed by atoms with van der Waals surface area (Å²) in [4.78, 5) is 37.1. The standard InChI is InChI=1S/C27H36F2O5.C5H14NO/c1-5-6-7-23(33)34-14-21(31)24-15(2)10-17-18-12-20(28)19-11-16(30)8-9-26(19,4)27(18,29)22(32)13-25(17,24)3;1-6(2,3)4-5-7/h8-9,11,15,17-18,20,22,24,32H,5-7,10,12-14H2,1-4H3;7H,4-5H2,1-3H3/q;+1/t15-,17+,18+,20+,22+,24-,25+,26+,27+;/m1./s1. The highest BCUT2D eigenvalue weighted by Crippen LogP contribution is 2.70. The third kappa shape index (κ3) is 6.23. The van der Waals surface area contributed by atoms with Gasteiger partial charge >= 0.3 is 5.97 Å². The number of rotatable bonds is 8. The molecule has 9 atom stereocenters. The average molecular weight is 583 g/mol. The monoisotopic (exact) mass is 582 g/mol. The zero-order chi connectivity index (χ0) is 31.0. The van der Waals surface area contributed by atoms with Crippen molar-refractivity contribution in [2.75, 3.05) is 40.9 Å². The van der Waals surface area contributed by atoms with Gasteiger partial charge in [0.1, 0.15) is 19.3 Å². The molecule has 232 valence electrons. The molecule has 0 amide bonds. The first kappa shape index (κ1) is 33.5. The molecule has 0 bridgehead atoms. The van der Waals surface area contributed by atoms with Crippen LogP contribution in [0.5, 0.6) is 0 Å². The molecule has 0 aromatic heterocycles. The van der Waals surface area contributed by atoms with Gasteiger partial charge in [0.05, 0.1) is 33.9 Å². The van der Waals surface area contributed by atoms with Gasteiger partial charge in [0.25, 0.3) is 0 Å². The van der Waals surface area contributed by atoms with E-state index in [-0.39, 0.29) is 61.5 Å². The highest BCUT2D eigenvalue weighted by Gasteiger charge is 2.73. The van der Waals surface area contributed by atoms with Crippen molar-refractivity contribution < 1.29 is 42.6 Å². The summed E-state index contributed by atoms with van der Waals surface area (Å²) in [5.41, 5.74) is -4.21. The molecule has 0 aromatic rings. The van der Waals surface area contributed by atoms with Crippen molar-refractivity contribution in [3.05, 3.63) is 23.8 Å². The summed E-state index contributed by atoms with van der Waals surface area (Å²) < 4.78 is 38.6. The van der Waals surface area contributed by atoms with Crippen LogP contribution < -0.4 is 0 Å². The molecule has 4 aliphatic carbocycles. The van der Waals surface area contributed by atoms with Crippen LogP contribution in [0.4, 0.5) is 8.78 Å². The summed E-state index contributed by atoms with van der Waals surface area (Å²) in [5.74, 6) is -2.75. The van der Waals surface area contributed by atoms with Gasteiger partial charge in [0.15, 0.2) is 17.2 Å². The van der Waals surface area contributed by atoms with Crippen molar-refractivity contribution in [3.8, 4) is 0 Å². The van der Waals surface area contributed by atoms with Gasteiger partial charge in [0.2, 0.25) is 0 Å². The summed E-state index contributed by atoms with van der Waals surface area (Å²) in [7, 11) is 6.16. The first-order chi connectivity index (χ1) is 19.0. The first-order valence-electron chi connectivity index (χ1n) is 15.0. The lowest BCUT2D eigenvalue weighted by Crippen LogP contribution is -2.68. The number of aliphatic hydroxyl groups excluding tert-OH is 2. The van der Waals surface area contributed by atoms with Gasteiger partial charge < -0.3 is 19.4 Å². The number of Topliss-reactive ketones (excluding diaryl/α,β-unsaturated/α-hetero) is 1. The Morgan fingerprint density at radius 2 is 1.83 bits per heavy atom. The van der Waals surface area contributed by atoms with E-state index in [0.29, 0.717) is 12.8 Å². The van der Waals surface area contributed by atoms with E-state index in [1.54, 1.807) is 6.92 Å². The fourth-order valence-corrected chi connectivity index (χ4v) is 8.19. The maximum atomic E-state index is 17.1. The van der Waals surface area contributed by atoms with Crippen LogP contribution in [0, 0.1) is 34.5 Å². The van der Waals surface area contributed by atoms with Gasteiger partial charge in [-0.3, -0.25) is 14.4 Å². The number of allylic oxidation sites excluding steroid dienone is 4. The minimum absolute atomic E-state index is 0.0524. The lowest BCUT2D eigenvalue weighted by molar-refractivity contribution is -0.870. The summed E-state index contributed by atoms with van der Waals surface area (Å²) in [6, 6.07) is 0. The Balaban J connectivity index is 0.000000587. The van der Waals surface area contributed by atoms with Gasteiger partial charge in [-0.25, -0.2) is 8.78 Å². The number of aliphatic hydroxyl groups is 2. The number of hydrogen-bond donors (Lipinski definition) is 2. The molecule has 0 spiro atoms. The molecule has 0 unspecified atom stereocenters. The Morgan fingerprint density at radius 1 is 1.17 bits per heavy atom. The number of nitrogens with zero attached hydrogens (tertiary/aromatic N) is 1. The number of likely N-dealkylation sites (N-methyl/N-ethyl adjacent to an activating group) is 1. The Morgan fingerprint density at radius 3 is 2.39 bits per heavy atom. The molecule has 0 aliphatic heterocycles. The van der Waals surface area contributed by atoms with E-state index >= 15 is 8.78 Å². The van der Waals surface area contributed by atoms with E-state index < -0.39 is 46.6 Å². The molecule has 2 N–H and O–H groups in total. The zero-order valence-electron chi connectivity index (χ0n) is 25.8. The quantitative estimate of drug-likeness (QED) is 0.329. The minimum atomic E-state index is -2.15. The molecule has 3 fully saturated rings. The van der Waals surface area contributed by atoms with E-state index in [4.69, 9.17) is 9.84 Å². The summed E-state index contributed by atoms with van der Waals surface area (Å²) in [5, 5.41) is 19.7. The average Bonchev–Trinajstić information content (AvgIpc) is 3.13. The van der Waals surface area contributed by atoms with Crippen LogP contribution in [0.25, 0.3) is 0 Å². The second-order valence-corrected chi connectivity index (χ2v) is 14.1. The minimum Gasteiger partial charge on any atom is -0.458 e. The van der Waals surface area contributed by atoms with Gasteiger partial charge in [0, 0.05) is 23.7 Å². The van der Waals surface area contributed by atoms with Crippen LogP contribution in [-0.4, -0.2) is 91.1 Å². The molecule has 0 saturated heterocycles. The highest BCUT2D eigenvalue weighted by atomic mass is 19.1. The number of esters is 1. The fourth-order valence-electron chi connectivity index (χ4n) is 8.19. The molecule has 9 heteroatoms. The zero-order valence-corrected chi connectivity index (χ0v) is 25.8. The number of fused-ring (bicyclic) bond motifs is 5. The lowest BCUT2D eigenvalue weighted by Gasteiger charge is -2.62. The van der Waals surface area contributed by atoms with Crippen LogP contribution in [0.2, 0.25) is 0 Å². The van der Waals surface area contributed by atoms with Crippen molar-refractivity contribution in [2.24, 2.45) is 34.5 Å². The molecular formula is C32H50F2NO6+. The number of carbonyl (C=O) groups excluding carboxylic acids is 3. The molecule has 0 heterocycles. The van der Waals surface area contributed by atoms with Gasteiger partial charge in [-0.1, -0.05) is 33.3 Å². The Bertz CT molecular complexity index is 1070. The van der Waals surface area contributed by atoms with E-state index in [2.05, 4.69) is 21.1 Å². The van der Waals surface area contributed by atoms with Crippen LogP contribution >= 0.6 is 0 Å². The Hall–Kier alpha value is -1.97. The molecular weight excluding hydrogens is 532 g/mol. The second kappa shape index (κ2) is 12.3. The number of carbonyl (C=O) groups is 3. The van der Waals surface area contributed by atoms with E-state index in [0.717, 1.165) is 17.4 Å². The van der Waals surface area contributed by atoms with Crippen LogP contribution in [0.15, 0.2) is 23.8 Å². The molecule has 7 nitrogen and oxygen atoms in total. The fraction of sp³-hybridized carbons (Fsp3) is 0.781. The molecule has 3 saturated carbocycles. The smallest absolute Gasteiger partial charge is 0.306 e. The molecule has 0 aromatic carbocycles. The third-order valence-corrected chi connectivity index (χ3v) is 10.2. The highest BCUT2D eigenvalue weighted by molar-refractivity contribution is 6.01. The molecule has 0 radical (unpaired) electrons. The topological polar surface area (TPSA) is 101 Å². The number of ketones is 2. The normalized spacial score (nSPS) is 39.5. The molecule has 4 aliphatic rings. The Labute approximate surface area is 243 Å². The Kier molecular flexibility index (Phi) is 10.1. The summed E-state index contributed by atoms with van der Waals surface area (Å²) >= 11 is 0. The number of ether oxygens (including phenoxy) is 1. The van der Waals surface area contributed by atoms with Crippen LogP contribution in [0.1, 0.15) is 66.2 Å². The van der Waals surface area contributed by atoms with Crippen molar-refractivity contribution in [2.45, 2.75) is 84.2 Å². The summed E-state index contributed by atoms with van der Waals surface area (Å²) in [6.45, 7) is 8.15. The van der Waals surface area contributed by atoms with Crippen LogP contribution in [-0.2, 0) is 19.1 Å². The van der Waals surface area contributed by atoms with Gasteiger partial charge in [-0.15, -0.1) is 0 Å². The van der Waals surface area contributed by atoms with Crippen molar-refractivity contribution >= 4 is 17.5 Å². The first-order valence-corrected chi connectivity index (χ1v) is 15.0. The maximum Gasteiger partial charge on any atom is 0.306 e. The lowest BCUT2D eigenvalue weighted by atomic mass is 9.45. The molecule has 41 heavy (non-hydrogen) atoms. The number of unbranched alkanes of at least 4 members (excludes halogenated alkanes) is 1. The number of alkyl halides is 2. The number of halogens is 2. The van der Waals surface area contributed by atoms with E-state index in [9.17, 15) is 19.5 Å². The van der Waals surface area contributed by atoms with Crippen molar-refractivity contribution in [3.63, 3.8) is 0 Å². The van der Waals surface area contributed by atoms with Gasteiger partial charge in [-0.05, 0) is 67.6 Å². The predicted octanol–water partition coefficient (Wildman–Crippen LogP) is 4.15. The van der Waals surface area contributed by atoms with Crippen molar-refractivity contribution in [1.82, 2.24) is 0 Å². The third-order valence-electron chi connectivity index (χ3n) is 10.2. The molecule has 4 rings (SSSR count). The summed E-state index contributed by atoms with van der Waals surface area (Å²) in [6.07, 6.45) is 3.20. The van der Waals surface area contributed by atoms with Crippen LogP contribution in [0.3, 0.4) is 0 Å².